The number of para-hydroxylation sites is 1. The first-order valence-corrected chi connectivity index (χ1v) is 6.68. The van der Waals surface area contributed by atoms with Crippen molar-refractivity contribution in [3.05, 3.63) is 36.3 Å². The van der Waals surface area contributed by atoms with E-state index in [2.05, 4.69) is 21.5 Å². The molecular weight excluding hydrogens is 238 g/mol. The predicted molar refractivity (Wildman–Crippen MR) is 74.9 cm³/mol. The molecule has 1 N–H and O–H groups in total. The summed E-state index contributed by atoms with van der Waals surface area (Å²) < 4.78 is 2.10. The molecule has 1 fully saturated rings. The molecule has 1 aliphatic rings. The van der Waals surface area contributed by atoms with Crippen molar-refractivity contribution < 1.29 is 5.11 Å². The van der Waals surface area contributed by atoms with Gasteiger partial charge in [-0.1, -0.05) is 12.1 Å². The van der Waals surface area contributed by atoms with Gasteiger partial charge in [-0.25, -0.2) is 4.98 Å². The molecule has 0 bridgehead atoms. The average Bonchev–Trinajstić information content (AvgIpc) is 2.96. The first-order chi connectivity index (χ1) is 9.18. The second-order valence-corrected chi connectivity index (χ2v) is 5.22. The van der Waals surface area contributed by atoms with Crippen molar-refractivity contribution in [2.75, 3.05) is 13.6 Å². The summed E-state index contributed by atoms with van der Waals surface area (Å²) in [4.78, 5) is 6.92. The minimum atomic E-state index is 0.303. The van der Waals surface area contributed by atoms with Crippen molar-refractivity contribution in [2.45, 2.75) is 18.9 Å². The fraction of sp³-hybridized carbons (Fsp3) is 0.400. The van der Waals surface area contributed by atoms with Crippen LogP contribution in [0.25, 0.3) is 11.3 Å². The van der Waals surface area contributed by atoms with Crippen molar-refractivity contribution >= 4 is 0 Å². The summed E-state index contributed by atoms with van der Waals surface area (Å²) in [6.45, 7) is 1.13. The van der Waals surface area contributed by atoms with Gasteiger partial charge >= 0.3 is 0 Å². The molecule has 0 amide bonds. The quantitative estimate of drug-likeness (QED) is 0.899. The van der Waals surface area contributed by atoms with Crippen molar-refractivity contribution in [1.29, 1.82) is 0 Å². The third-order valence-corrected chi connectivity index (χ3v) is 4.02. The number of aromatic nitrogens is 2. The zero-order valence-corrected chi connectivity index (χ0v) is 11.4. The second-order valence-electron chi connectivity index (χ2n) is 5.22. The van der Waals surface area contributed by atoms with E-state index in [-0.39, 0.29) is 0 Å². The maximum Gasteiger partial charge on any atom is 0.126 e. The molecule has 1 aromatic heterocycles. The summed E-state index contributed by atoms with van der Waals surface area (Å²) in [6, 6.07) is 7.80. The van der Waals surface area contributed by atoms with Gasteiger partial charge in [0.2, 0.25) is 0 Å². The number of phenolic OH excluding ortho intramolecular Hbond substituents is 1. The first-order valence-electron chi connectivity index (χ1n) is 6.68. The van der Waals surface area contributed by atoms with E-state index in [1.807, 2.05) is 31.4 Å². The van der Waals surface area contributed by atoms with Crippen LogP contribution >= 0.6 is 0 Å². The number of rotatable bonds is 2. The summed E-state index contributed by atoms with van der Waals surface area (Å²) in [5, 5.41) is 9.96. The lowest BCUT2D eigenvalue weighted by molar-refractivity contribution is 0.301. The van der Waals surface area contributed by atoms with E-state index in [0.717, 1.165) is 30.0 Å². The largest absolute Gasteiger partial charge is 0.507 e. The van der Waals surface area contributed by atoms with Crippen LogP contribution in [0.5, 0.6) is 5.75 Å². The highest BCUT2D eigenvalue weighted by molar-refractivity contribution is 5.66. The summed E-state index contributed by atoms with van der Waals surface area (Å²) in [5.41, 5.74) is 1.80. The monoisotopic (exact) mass is 257 g/mol. The summed E-state index contributed by atoms with van der Waals surface area (Å²) >= 11 is 0. The number of likely N-dealkylation sites (tertiary alicyclic amines) is 1. The van der Waals surface area contributed by atoms with Crippen LogP contribution in [0.1, 0.15) is 24.7 Å². The number of nitrogens with zero attached hydrogens (tertiary/aromatic N) is 3. The molecule has 2 heterocycles. The highest BCUT2D eigenvalue weighted by Gasteiger charge is 2.27. The molecule has 0 aliphatic carbocycles. The molecule has 4 nitrogen and oxygen atoms in total. The molecular formula is C15H19N3O. The molecule has 4 heteroatoms. The Balaban J connectivity index is 2.02. The minimum Gasteiger partial charge on any atom is -0.507 e. The topological polar surface area (TPSA) is 41.3 Å². The van der Waals surface area contributed by atoms with Gasteiger partial charge in [0.1, 0.15) is 11.6 Å². The lowest BCUT2D eigenvalue weighted by Crippen LogP contribution is -2.20. The van der Waals surface area contributed by atoms with Crippen LogP contribution in [-0.2, 0) is 7.05 Å². The zero-order valence-electron chi connectivity index (χ0n) is 11.4. The molecule has 3 rings (SSSR count). The molecule has 1 unspecified atom stereocenters. The Morgan fingerprint density at radius 2 is 2.05 bits per heavy atom. The van der Waals surface area contributed by atoms with Crippen LogP contribution in [0, 0.1) is 0 Å². The Hall–Kier alpha value is -1.81. The lowest BCUT2D eigenvalue weighted by atomic mass is 10.1. The van der Waals surface area contributed by atoms with Gasteiger partial charge in [0, 0.05) is 12.6 Å². The Morgan fingerprint density at radius 1 is 1.26 bits per heavy atom. The van der Waals surface area contributed by atoms with Crippen LogP contribution in [0.2, 0.25) is 0 Å². The molecule has 1 saturated heterocycles. The number of imidazole rings is 1. The number of hydrogen-bond donors (Lipinski definition) is 1. The van der Waals surface area contributed by atoms with Crippen LogP contribution in [0.15, 0.2) is 30.5 Å². The average molecular weight is 257 g/mol. The molecule has 1 atom stereocenters. The van der Waals surface area contributed by atoms with Crippen molar-refractivity contribution in [3.63, 3.8) is 0 Å². The SMILES string of the molecule is CN1CCCC1c1ncc(-c2ccccc2O)n1C. The number of hydrogen-bond acceptors (Lipinski definition) is 3. The molecule has 19 heavy (non-hydrogen) atoms. The van der Waals surface area contributed by atoms with Gasteiger partial charge in [-0.15, -0.1) is 0 Å². The van der Waals surface area contributed by atoms with E-state index in [0.29, 0.717) is 11.8 Å². The van der Waals surface area contributed by atoms with Crippen molar-refractivity contribution in [2.24, 2.45) is 7.05 Å². The number of phenols is 1. The maximum absolute atomic E-state index is 9.96. The van der Waals surface area contributed by atoms with E-state index < -0.39 is 0 Å². The van der Waals surface area contributed by atoms with Gasteiger partial charge in [-0.3, -0.25) is 4.90 Å². The molecule has 0 radical (unpaired) electrons. The van der Waals surface area contributed by atoms with E-state index >= 15 is 0 Å². The normalized spacial score (nSPS) is 20.0. The van der Waals surface area contributed by atoms with Gasteiger partial charge < -0.3 is 9.67 Å². The fourth-order valence-electron chi connectivity index (χ4n) is 2.91. The van der Waals surface area contributed by atoms with E-state index in [9.17, 15) is 5.11 Å². The van der Waals surface area contributed by atoms with Crippen molar-refractivity contribution in [3.8, 4) is 17.0 Å². The van der Waals surface area contributed by atoms with Crippen LogP contribution in [-0.4, -0.2) is 33.1 Å². The van der Waals surface area contributed by atoms with Crippen molar-refractivity contribution in [1.82, 2.24) is 14.5 Å². The lowest BCUT2D eigenvalue weighted by Gasteiger charge is -2.19. The number of aromatic hydroxyl groups is 1. The zero-order chi connectivity index (χ0) is 13.4. The van der Waals surface area contributed by atoms with Gasteiger partial charge in [0.25, 0.3) is 0 Å². The Kier molecular flexibility index (Phi) is 3.03. The molecule has 1 aromatic carbocycles. The van der Waals surface area contributed by atoms with E-state index in [4.69, 9.17) is 0 Å². The summed E-state index contributed by atoms with van der Waals surface area (Å²) in [7, 11) is 4.17. The highest BCUT2D eigenvalue weighted by Crippen LogP contribution is 2.34. The maximum atomic E-state index is 9.96. The molecule has 100 valence electrons. The fourth-order valence-corrected chi connectivity index (χ4v) is 2.91. The molecule has 2 aromatic rings. The third-order valence-electron chi connectivity index (χ3n) is 4.02. The first kappa shape index (κ1) is 12.2. The summed E-state index contributed by atoms with van der Waals surface area (Å²) in [6.07, 6.45) is 4.23. The van der Waals surface area contributed by atoms with Crippen LogP contribution in [0.4, 0.5) is 0 Å². The highest BCUT2D eigenvalue weighted by atomic mass is 16.3. The van der Waals surface area contributed by atoms with Gasteiger partial charge in [-0.05, 0) is 38.6 Å². The van der Waals surface area contributed by atoms with Gasteiger partial charge in [-0.2, -0.15) is 0 Å². The Bertz CT molecular complexity index is 591. The van der Waals surface area contributed by atoms with E-state index in [1.54, 1.807) is 6.07 Å². The standard InChI is InChI=1S/C15H19N3O/c1-17-9-5-7-12(17)15-16-10-13(18(15)2)11-6-3-4-8-14(11)19/h3-4,6,8,10,12,19H,5,7,9H2,1-2H3. The van der Waals surface area contributed by atoms with Gasteiger partial charge in [0.05, 0.1) is 17.9 Å². The molecule has 0 saturated carbocycles. The minimum absolute atomic E-state index is 0.303. The van der Waals surface area contributed by atoms with Crippen LogP contribution < -0.4 is 0 Å². The molecule has 1 aliphatic heterocycles. The van der Waals surface area contributed by atoms with E-state index in [1.165, 1.54) is 6.42 Å². The predicted octanol–water partition coefficient (Wildman–Crippen LogP) is 2.56. The Labute approximate surface area is 113 Å². The second kappa shape index (κ2) is 4.70. The third kappa shape index (κ3) is 2.02. The van der Waals surface area contributed by atoms with Crippen LogP contribution in [0.3, 0.4) is 0 Å². The Morgan fingerprint density at radius 3 is 2.74 bits per heavy atom. The number of benzene rings is 1. The van der Waals surface area contributed by atoms with Gasteiger partial charge in [0.15, 0.2) is 0 Å². The molecule has 0 spiro atoms. The smallest absolute Gasteiger partial charge is 0.126 e. The summed E-state index contributed by atoms with van der Waals surface area (Å²) in [5.74, 6) is 1.38.